The molecular formula is C29H44N4O4S. The Hall–Kier alpha value is -2.23. The minimum Gasteiger partial charge on any atom is -0.352 e. The quantitative estimate of drug-likeness (QED) is 0.481. The van der Waals surface area contributed by atoms with Crippen LogP contribution in [0.4, 0.5) is 0 Å². The fourth-order valence-electron chi connectivity index (χ4n) is 6.34. The van der Waals surface area contributed by atoms with Crippen LogP contribution in [0.25, 0.3) is 10.9 Å². The second-order valence-corrected chi connectivity index (χ2v) is 13.5. The lowest BCUT2D eigenvalue weighted by molar-refractivity contribution is 0.0945. The molecule has 1 N–H and O–H groups in total. The molecular weight excluding hydrogens is 500 g/mol. The molecule has 1 saturated carbocycles. The zero-order valence-corrected chi connectivity index (χ0v) is 24.2. The van der Waals surface area contributed by atoms with E-state index in [0.717, 1.165) is 58.2 Å². The Morgan fingerprint density at radius 3 is 2.45 bits per heavy atom. The van der Waals surface area contributed by atoms with E-state index in [-0.39, 0.29) is 21.9 Å². The lowest BCUT2D eigenvalue weighted by atomic mass is 9.92. The zero-order valence-electron chi connectivity index (χ0n) is 23.4. The summed E-state index contributed by atoms with van der Waals surface area (Å²) in [5, 5.41) is 3.18. The normalized spacial score (nSPS) is 21.7. The van der Waals surface area contributed by atoms with E-state index < -0.39 is 21.4 Å². The highest BCUT2D eigenvalue weighted by molar-refractivity contribution is 7.89. The predicted octanol–water partition coefficient (Wildman–Crippen LogP) is 4.07. The van der Waals surface area contributed by atoms with Crippen LogP contribution in [0, 0.1) is 11.8 Å². The fourth-order valence-corrected chi connectivity index (χ4v) is 7.78. The Morgan fingerprint density at radius 2 is 1.79 bits per heavy atom. The molecule has 210 valence electrons. The summed E-state index contributed by atoms with van der Waals surface area (Å²) in [6.07, 6.45) is 8.57. The Labute approximate surface area is 227 Å². The molecule has 2 aromatic rings. The second kappa shape index (κ2) is 12.3. The maximum absolute atomic E-state index is 13.5. The number of pyridine rings is 1. The number of aryl methyl sites for hydroxylation is 1. The molecule has 2 fully saturated rings. The van der Waals surface area contributed by atoms with Crippen molar-refractivity contribution in [3.8, 4) is 0 Å². The number of likely N-dealkylation sites (tertiary alicyclic amines) is 1. The maximum atomic E-state index is 13.5. The van der Waals surface area contributed by atoms with Gasteiger partial charge in [-0.15, -0.1) is 0 Å². The summed E-state index contributed by atoms with van der Waals surface area (Å²) < 4.78 is 30.2. The van der Waals surface area contributed by atoms with Crippen LogP contribution in [0.3, 0.4) is 0 Å². The Balaban J connectivity index is 1.52. The molecule has 0 radical (unpaired) electrons. The van der Waals surface area contributed by atoms with E-state index in [0.29, 0.717) is 30.4 Å². The van der Waals surface area contributed by atoms with Crippen molar-refractivity contribution in [1.29, 1.82) is 0 Å². The highest BCUT2D eigenvalue weighted by Crippen LogP contribution is 2.28. The first-order valence-corrected chi connectivity index (χ1v) is 15.7. The van der Waals surface area contributed by atoms with Gasteiger partial charge in [0.2, 0.25) is 15.5 Å². The predicted molar refractivity (Wildman–Crippen MR) is 152 cm³/mol. The van der Waals surface area contributed by atoms with E-state index in [2.05, 4.69) is 24.1 Å². The van der Waals surface area contributed by atoms with E-state index in [9.17, 15) is 18.0 Å². The van der Waals surface area contributed by atoms with E-state index in [1.54, 1.807) is 25.4 Å². The van der Waals surface area contributed by atoms with Crippen LogP contribution in [-0.2, 0) is 16.6 Å². The SMILES string of the molecule is CCn1cc(C(=O)NCCCN2C[C@H](C)C[C@H](C)C2)c(=O)c2cc(S(=O)(=O)N(C)C3CCCCC3)ccc21. The van der Waals surface area contributed by atoms with Crippen LogP contribution in [0.1, 0.15) is 76.1 Å². The number of aromatic nitrogens is 1. The van der Waals surface area contributed by atoms with Gasteiger partial charge in [0, 0.05) is 50.9 Å². The monoisotopic (exact) mass is 544 g/mol. The number of hydrogen-bond donors (Lipinski definition) is 1. The summed E-state index contributed by atoms with van der Waals surface area (Å²) >= 11 is 0. The third-order valence-electron chi connectivity index (χ3n) is 8.28. The van der Waals surface area contributed by atoms with Gasteiger partial charge in [0.05, 0.1) is 10.4 Å². The van der Waals surface area contributed by atoms with Crippen LogP contribution in [0.5, 0.6) is 0 Å². The number of piperidine rings is 1. The minimum atomic E-state index is -3.76. The molecule has 1 amide bonds. The standard InChI is InChI=1S/C29H44N4O4S/c1-5-33-20-26(29(35)30-14-9-15-32-18-21(2)16-22(3)19-32)28(34)25-17-24(12-13-27(25)33)38(36,37)31(4)23-10-7-6-8-11-23/h12-13,17,20-23H,5-11,14-16,18-19H2,1-4H3,(H,30,35)/t21-,22+. The first kappa shape index (κ1) is 28.8. The Bertz CT molecular complexity index is 1290. The molecule has 1 aromatic heterocycles. The van der Waals surface area contributed by atoms with Gasteiger partial charge in [-0.05, 0) is 69.2 Å². The van der Waals surface area contributed by atoms with Crippen molar-refractivity contribution in [3.05, 3.63) is 40.2 Å². The number of amides is 1. The van der Waals surface area contributed by atoms with E-state index in [1.165, 1.54) is 16.8 Å². The van der Waals surface area contributed by atoms with Crippen molar-refractivity contribution < 1.29 is 13.2 Å². The van der Waals surface area contributed by atoms with Gasteiger partial charge >= 0.3 is 0 Å². The Kier molecular flexibility index (Phi) is 9.31. The number of sulfonamides is 1. The van der Waals surface area contributed by atoms with Crippen LogP contribution in [0.2, 0.25) is 0 Å². The number of benzene rings is 1. The minimum absolute atomic E-state index is 0.0229. The zero-order chi connectivity index (χ0) is 27.4. The molecule has 2 atom stereocenters. The summed E-state index contributed by atoms with van der Waals surface area (Å²) in [4.78, 5) is 29.1. The second-order valence-electron chi connectivity index (χ2n) is 11.5. The van der Waals surface area contributed by atoms with Gasteiger partial charge in [-0.1, -0.05) is 33.1 Å². The van der Waals surface area contributed by atoms with Crippen molar-refractivity contribution in [1.82, 2.24) is 19.1 Å². The summed E-state index contributed by atoms with van der Waals surface area (Å²) in [5.41, 5.74) is 0.245. The van der Waals surface area contributed by atoms with Gasteiger partial charge < -0.3 is 14.8 Å². The first-order valence-electron chi connectivity index (χ1n) is 14.3. The summed E-state index contributed by atoms with van der Waals surface area (Å²) in [6, 6.07) is 4.69. The topological polar surface area (TPSA) is 91.7 Å². The number of nitrogens with one attached hydrogen (secondary N) is 1. The molecule has 9 heteroatoms. The highest BCUT2D eigenvalue weighted by Gasteiger charge is 2.30. The van der Waals surface area contributed by atoms with Gasteiger partial charge in [0.1, 0.15) is 5.56 Å². The number of carbonyl (C=O) groups excluding carboxylic acids is 1. The van der Waals surface area contributed by atoms with Crippen LogP contribution < -0.4 is 10.7 Å². The molecule has 2 heterocycles. The van der Waals surface area contributed by atoms with Gasteiger partial charge in [-0.3, -0.25) is 9.59 Å². The van der Waals surface area contributed by atoms with E-state index in [1.807, 2.05) is 11.5 Å². The van der Waals surface area contributed by atoms with Crippen LogP contribution in [-0.4, -0.2) is 67.4 Å². The van der Waals surface area contributed by atoms with Gasteiger partial charge in [-0.25, -0.2) is 8.42 Å². The van der Waals surface area contributed by atoms with Gasteiger partial charge in [0.15, 0.2) is 0 Å². The smallest absolute Gasteiger partial charge is 0.256 e. The molecule has 0 spiro atoms. The number of rotatable bonds is 9. The van der Waals surface area contributed by atoms with Crippen LogP contribution in [0.15, 0.2) is 34.1 Å². The Morgan fingerprint density at radius 1 is 1.11 bits per heavy atom. The van der Waals surface area contributed by atoms with E-state index in [4.69, 9.17) is 0 Å². The molecule has 1 aliphatic carbocycles. The van der Waals surface area contributed by atoms with Gasteiger partial charge in [0.25, 0.3) is 5.91 Å². The maximum Gasteiger partial charge on any atom is 0.256 e. The first-order chi connectivity index (χ1) is 18.1. The molecule has 0 unspecified atom stereocenters. The van der Waals surface area contributed by atoms with Crippen LogP contribution >= 0.6 is 0 Å². The molecule has 8 nitrogen and oxygen atoms in total. The van der Waals surface area contributed by atoms with Gasteiger partial charge in [-0.2, -0.15) is 4.31 Å². The summed E-state index contributed by atoms with van der Waals surface area (Å²) in [5.74, 6) is 0.969. The van der Waals surface area contributed by atoms with Crippen molar-refractivity contribution in [2.24, 2.45) is 11.8 Å². The highest BCUT2D eigenvalue weighted by atomic mass is 32.2. The lowest BCUT2D eigenvalue weighted by Gasteiger charge is -2.34. The summed E-state index contributed by atoms with van der Waals surface area (Å²) in [6.45, 7) is 10.6. The number of fused-ring (bicyclic) bond motifs is 1. The third-order valence-corrected chi connectivity index (χ3v) is 10.2. The molecule has 1 aromatic carbocycles. The molecule has 38 heavy (non-hydrogen) atoms. The molecule has 0 bridgehead atoms. The molecule has 1 saturated heterocycles. The lowest BCUT2D eigenvalue weighted by Crippen LogP contribution is -2.40. The molecule has 4 rings (SSSR count). The van der Waals surface area contributed by atoms with Crippen molar-refractivity contribution in [2.45, 2.75) is 83.2 Å². The number of nitrogens with zero attached hydrogens (tertiary/aromatic N) is 3. The number of carbonyl (C=O) groups is 1. The average molecular weight is 545 g/mol. The molecule has 2 aliphatic rings. The van der Waals surface area contributed by atoms with Crippen molar-refractivity contribution in [2.75, 3.05) is 33.2 Å². The van der Waals surface area contributed by atoms with Crippen molar-refractivity contribution in [3.63, 3.8) is 0 Å². The molecule has 1 aliphatic heterocycles. The number of hydrogen-bond acceptors (Lipinski definition) is 5. The fraction of sp³-hybridized carbons (Fsp3) is 0.655. The average Bonchev–Trinajstić information content (AvgIpc) is 2.90. The third kappa shape index (κ3) is 6.32. The summed E-state index contributed by atoms with van der Waals surface area (Å²) in [7, 11) is -2.12. The largest absolute Gasteiger partial charge is 0.352 e. The van der Waals surface area contributed by atoms with Crippen molar-refractivity contribution >= 4 is 26.8 Å². The van der Waals surface area contributed by atoms with E-state index >= 15 is 0 Å².